The summed E-state index contributed by atoms with van der Waals surface area (Å²) in [5, 5.41) is 6.45. The van der Waals surface area contributed by atoms with Crippen molar-refractivity contribution in [2.45, 2.75) is 25.9 Å². The minimum atomic E-state index is -0.714. The number of carbonyl (C=O) groups is 2. The third kappa shape index (κ3) is 6.61. The van der Waals surface area contributed by atoms with Gasteiger partial charge >= 0.3 is 0 Å². The molecule has 0 unspecified atom stereocenters. The van der Waals surface area contributed by atoms with E-state index in [4.69, 9.17) is 21.1 Å². The fourth-order valence-corrected chi connectivity index (χ4v) is 3.58. The van der Waals surface area contributed by atoms with Crippen molar-refractivity contribution >= 4 is 23.4 Å². The normalized spacial score (nSPS) is 12.9. The molecule has 0 aromatic heterocycles. The number of carbonyl (C=O) groups excluding carboxylic acids is 2. The Hall–Kier alpha value is -2.77. The summed E-state index contributed by atoms with van der Waals surface area (Å²) < 4.78 is 10.5. The van der Waals surface area contributed by atoms with Gasteiger partial charge in [-0.15, -0.1) is 0 Å². The van der Waals surface area contributed by atoms with Crippen LogP contribution in [0.1, 0.15) is 35.8 Å². The Labute approximate surface area is 195 Å². The predicted molar refractivity (Wildman–Crippen MR) is 127 cm³/mol. The lowest BCUT2D eigenvalue weighted by Gasteiger charge is -2.28. The largest absolute Gasteiger partial charge is 0.497 e. The number of rotatable bonds is 10. The van der Waals surface area contributed by atoms with Crippen LogP contribution in [-0.4, -0.2) is 57.6 Å². The van der Waals surface area contributed by atoms with Gasteiger partial charge < -0.3 is 25.0 Å². The summed E-state index contributed by atoms with van der Waals surface area (Å²) >= 11 is 6.36. The highest BCUT2D eigenvalue weighted by molar-refractivity contribution is 6.31. The van der Waals surface area contributed by atoms with Crippen LogP contribution in [-0.2, 0) is 4.79 Å². The number of methoxy groups -OCH3 is 2. The average molecular weight is 462 g/mol. The summed E-state index contributed by atoms with van der Waals surface area (Å²) in [5.74, 6) is 0.222. The molecule has 0 spiro atoms. The molecular formula is C24H32ClN3O4. The van der Waals surface area contributed by atoms with Gasteiger partial charge in [0.1, 0.15) is 17.5 Å². The molecule has 2 aromatic carbocycles. The minimum Gasteiger partial charge on any atom is -0.497 e. The summed E-state index contributed by atoms with van der Waals surface area (Å²) in [6, 6.07) is 11.6. The van der Waals surface area contributed by atoms with Gasteiger partial charge in [-0.05, 0) is 43.8 Å². The molecule has 2 amide bonds. The van der Waals surface area contributed by atoms with Gasteiger partial charge in [0.05, 0.1) is 20.3 Å². The molecule has 2 rings (SSSR count). The zero-order valence-corrected chi connectivity index (χ0v) is 20.2. The van der Waals surface area contributed by atoms with E-state index in [1.807, 2.05) is 57.1 Å². The number of nitrogens with one attached hydrogen (secondary N) is 2. The summed E-state index contributed by atoms with van der Waals surface area (Å²) in [6.45, 7) is 4.12. The van der Waals surface area contributed by atoms with Crippen molar-refractivity contribution in [3.63, 3.8) is 0 Å². The third-order valence-corrected chi connectivity index (χ3v) is 5.55. The van der Waals surface area contributed by atoms with Gasteiger partial charge in [0.15, 0.2) is 0 Å². The standard InChI is InChI=1S/C24H32ClN3O4/c1-15(2)22(27-23(29)16-11-17(31-5)13-18(12-16)32-6)24(30)26-14-21(28(3)4)19-9-7-8-10-20(19)25/h7-13,15,21-22H,14H2,1-6H3,(H,26,30)(H,27,29)/t21-,22-/m1/s1. The van der Waals surface area contributed by atoms with Crippen molar-refractivity contribution in [2.75, 3.05) is 34.9 Å². The minimum absolute atomic E-state index is 0.112. The second kappa shape index (κ2) is 11.7. The first-order chi connectivity index (χ1) is 15.2. The van der Waals surface area contributed by atoms with Crippen LogP contribution in [0, 0.1) is 5.92 Å². The topological polar surface area (TPSA) is 79.9 Å². The van der Waals surface area contributed by atoms with Crippen molar-refractivity contribution < 1.29 is 19.1 Å². The molecule has 0 fully saturated rings. The van der Waals surface area contributed by atoms with Crippen molar-refractivity contribution in [2.24, 2.45) is 5.92 Å². The Morgan fingerprint density at radius 2 is 1.62 bits per heavy atom. The van der Waals surface area contributed by atoms with E-state index in [1.165, 1.54) is 14.2 Å². The molecule has 0 heterocycles. The van der Waals surface area contributed by atoms with Crippen molar-refractivity contribution in [3.05, 3.63) is 58.6 Å². The highest BCUT2D eigenvalue weighted by Gasteiger charge is 2.26. The monoisotopic (exact) mass is 461 g/mol. The van der Waals surface area contributed by atoms with Gasteiger partial charge in [0.2, 0.25) is 5.91 Å². The predicted octanol–water partition coefficient (Wildman–Crippen LogP) is 3.53. The molecule has 0 radical (unpaired) electrons. The van der Waals surface area contributed by atoms with E-state index < -0.39 is 6.04 Å². The van der Waals surface area contributed by atoms with E-state index in [2.05, 4.69) is 10.6 Å². The van der Waals surface area contributed by atoms with E-state index in [9.17, 15) is 9.59 Å². The molecule has 2 aromatic rings. The summed E-state index contributed by atoms with van der Waals surface area (Å²) in [7, 11) is 6.89. The van der Waals surface area contributed by atoms with Crippen LogP contribution < -0.4 is 20.1 Å². The lowest BCUT2D eigenvalue weighted by atomic mass is 10.0. The first kappa shape index (κ1) is 25.5. The van der Waals surface area contributed by atoms with Crippen LogP contribution in [0.2, 0.25) is 5.02 Å². The molecule has 8 heteroatoms. The molecule has 0 aliphatic carbocycles. The van der Waals surface area contributed by atoms with Crippen LogP contribution in [0.25, 0.3) is 0 Å². The summed E-state index contributed by atoms with van der Waals surface area (Å²) in [4.78, 5) is 27.9. The highest BCUT2D eigenvalue weighted by Crippen LogP contribution is 2.26. The SMILES string of the molecule is COc1cc(OC)cc(C(=O)N[C@@H](C(=O)NC[C@H](c2ccccc2Cl)N(C)C)C(C)C)c1. The maximum Gasteiger partial charge on any atom is 0.252 e. The number of hydrogen-bond donors (Lipinski definition) is 2. The lowest BCUT2D eigenvalue weighted by molar-refractivity contribution is -0.124. The Morgan fingerprint density at radius 1 is 1.03 bits per heavy atom. The summed E-state index contributed by atoms with van der Waals surface area (Å²) in [5.41, 5.74) is 1.27. The molecule has 0 aliphatic heterocycles. The number of hydrogen-bond acceptors (Lipinski definition) is 5. The Kier molecular flexibility index (Phi) is 9.35. The molecule has 2 N–H and O–H groups in total. The van der Waals surface area contributed by atoms with E-state index >= 15 is 0 Å². The van der Waals surface area contributed by atoms with Crippen LogP contribution in [0.5, 0.6) is 11.5 Å². The fraction of sp³-hybridized carbons (Fsp3) is 0.417. The first-order valence-corrected chi connectivity index (χ1v) is 10.8. The third-order valence-electron chi connectivity index (χ3n) is 5.21. The van der Waals surface area contributed by atoms with Crippen LogP contribution in [0.3, 0.4) is 0 Å². The van der Waals surface area contributed by atoms with E-state index in [0.717, 1.165) is 5.56 Å². The van der Waals surface area contributed by atoms with Gasteiger partial charge in [-0.3, -0.25) is 9.59 Å². The average Bonchev–Trinajstić information content (AvgIpc) is 2.77. The molecule has 2 atom stereocenters. The quantitative estimate of drug-likeness (QED) is 0.565. The van der Waals surface area contributed by atoms with Crippen molar-refractivity contribution in [1.82, 2.24) is 15.5 Å². The van der Waals surface area contributed by atoms with Gasteiger partial charge in [-0.25, -0.2) is 0 Å². The number of ether oxygens (including phenoxy) is 2. The van der Waals surface area contributed by atoms with Crippen LogP contribution in [0.4, 0.5) is 0 Å². The second-order valence-corrected chi connectivity index (χ2v) is 8.45. The molecule has 7 nitrogen and oxygen atoms in total. The van der Waals surface area contributed by atoms with Crippen LogP contribution in [0.15, 0.2) is 42.5 Å². The first-order valence-electron chi connectivity index (χ1n) is 10.4. The van der Waals surface area contributed by atoms with E-state index in [0.29, 0.717) is 28.6 Å². The maximum absolute atomic E-state index is 13.0. The van der Waals surface area contributed by atoms with Crippen molar-refractivity contribution in [1.29, 1.82) is 0 Å². The molecular weight excluding hydrogens is 430 g/mol. The molecule has 174 valence electrons. The van der Waals surface area contributed by atoms with Crippen LogP contribution >= 0.6 is 11.6 Å². The van der Waals surface area contributed by atoms with Crippen molar-refractivity contribution in [3.8, 4) is 11.5 Å². The number of nitrogens with zero attached hydrogens (tertiary/aromatic N) is 1. The highest BCUT2D eigenvalue weighted by atomic mass is 35.5. The van der Waals surface area contributed by atoms with Gasteiger partial charge in [0, 0.05) is 23.2 Å². The lowest BCUT2D eigenvalue weighted by Crippen LogP contribution is -2.51. The van der Waals surface area contributed by atoms with Gasteiger partial charge in [0.25, 0.3) is 5.91 Å². The van der Waals surface area contributed by atoms with Gasteiger partial charge in [-0.2, -0.15) is 0 Å². The Bertz CT molecular complexity index is 911. The molecule has 32 heavy (non-hydrogen) atoms. The van der Waals surface area contributed by atoms with E-state index in [1.54, 1.807) is 18.2 Å². The summed E-state index contributed by atoms with van der Waals surface area (Å²) in [6.07, 6.45) is 0. The number of benzene rings is 2. The smallest absolute Gasteiger partial charge is 0.252 e. The number of halogens is 1. The Morgan fingerprint density at radius 3 is 2.12 bits per heavy atom. The zero-order chi connectivity index (χ0) is 23.8. The molecule has 0 saturated heterocycles. The second-order valence-electron chi connectivity index (χ2n) is 8.04. The fourth-order valence-electron chi connectivity index (χ4n) is 3.32. The molecule has 0 saturated carbocycles. The zero-order valence-electron chi connectivity index (χ0n) is 19.4. The maximum atomic E-state index is 13.0. The molecule has 0 bridgehead atoms. The van der Waals surface area contributed by atoms with E-state index in [-0.39, 0.29) is 23.8 Å². The number of likely N-dealkylation sites (N-methyl/N-ethyl adjacent to an activating group) is 1. The Balaban J connectivity index is 2.14. The molecule has 0 aliphatic rings. The van der Waals surface area contributed by atoms with Gasteiger partial charge in [-0.1, -0.05) is 43.6 Å². The number of amides is 2.